The Morgan fingerprint density at radius 1 is 1.36 bits per heavy atom. The van der Waals surface area contributed by atoms with Crippen LogP contribution in [0, 0.1) is 17.3 Å². The minimum atomic E-state index is -0.638. The van der Waals surface area contributed by atoms with Crippen molar-refractivity contribution in [3.8, 4) is 6.07 Å². The topological polar surface area (TPSA) is 75.6 Å². The number of nitrogens with two attached hydrogens (primary N) is 1. The lowest BCUT2D eigenvalue weighted by Gasteiger charge is -2.01. The lowest BCUT2D eigenvalue weighted by Crippen LogP contribution is -1.95. The van der Waals surface area contributed by atoms with E-state index in [1.165, 1.54) is 18.5 Å². The quantitative estimate of drug-likeness (QED) is 0.630. The van der Waals surface area contributed by atoms with E-state index in [9.17, 15) is 4.39 Å². The van der Waals surface area contributed by atoms with Crippen LogP contribution in [-0.2, 0) is 0 Å². The molecule has 0 aliphatic carbocycles. The summed E-state index contributed by atoms with van der Waals surface area (Å²) in [5.41, 5.74) is 6.59. The molecule has 14 heavy (non-hydrogen) atoms. The van der Waals surface area contributed by atoms with Crippen LogP contribution in [0.4, 0.5) is 10.1 Å². The molecule has 2 aromatic rings. The van der Waals surface area contributed by atoms with Gasteiger partial charge in [-0.25, -0.2) is 4.98 Å². The van der Waals surface area contributed by atoms with Crippen LogP contribution in [-0.4, -0.2) is 9.97 Å². The van der Waals surface area contributed by atoms with Gasteiger partial charge < -0.3 is 5.73 Å². The molecule has 5 heteroatoms. The van der Waals surface area contributed by atoms with Crippen LogP contribution in [0.25, 0.3) is 10.9 Å². The number of nitrogen functional groups attached to an aromatic ring is 1. The number of fused-ring (bicyclic) bond motifs is 1. The van der Waals surface area contributed by atoms with Crippen molar-refractivity contribution in [1.82, 2.24) is 9.97 Å². The third-order valence-corrected chi connectivity index (χ3v) is 1.88. The first kappa shape index (κ1) is 8.38. The number of anilines is 1. The molecule has 0 spiro atoms. The molecule has 2 heterocycles. The Bertz CT molecular complexity index is 544. The molecule has 0 bridgehead atoms. The van der Waals surface area contributed by atoms with E-state index in [4.69, 9.17) is 11.0 Å². The molecule has 0 amide bonds. The Morgan fingerprint density at radius 2 is 2.14 bits per heavy atom. The third kappa shape index (κ3) is 1.13. The predicted octanol–water partition coefficient (Wildman–Crippen LogP) is 1.22. The summed E-state index contributed by atoms with van der Waals surface area (Å²) in [7, 11) is 0. The summed E-state index contributed by atoms with van der Waals surface area (Å²) in [4.78, 5) is 7.36. The lowest BCUT2D eigenvalue weighted by atomic mass is 10.1. The molecule has 0 radical (unpaired) electrons. The number of pyridine rings is 2. The summed E-state index contributed by atoms with van der Waals surface area (Å²) in [5.74, 6) is -0.638. The summed E-state index contributed by atoms with van der Waals surface area (Å²) in [6.07, 6.45) is 2.62. The average molecular weight is 188 g/mol. The molecule has 0 saturated carbocycles. The molecule has 0 saturated heterocycles. The zero-order valence-corrected chi connectivity index (χ0v) is 7.03. The Hall–Kier alpha value is -2.22. The van der Waals surface area contributed by atoms with Crippen molar-refractivity contribution < 1.29 is 4.39 Å². The van der Waals surface area contributed by atoms with Crippen molar-refractivity contribution in [2.75, 3.05) is 5.73 Å². The molecule has 0 unspecified atom stereocenters. The number of hydrogen-bond donors (Lipinski definition) is 1. The fourth-order valence-corrected chi connectivity index (χ4v) is 1.18. The first-order valence-electron chi connectivity index (χ1n) is 3.82. The van der Waals surface area contributed by atoms with Gasteiger partial charge in [0.2, 0.25) is 5.95 Å². The van der Waals surface area contributed by atoms with Gasteiger partial charge in [-0.15, -0.1) is 0 Å². The van der Waals surface area contributed by atoms with Gasteiger partial charge in [-0.2, -0.15) is 9.65 Å². The summed E-state index contributed by atoms with van der Waals surface area (Å²) < 4.78 is 12.8. The molecule has 68 valence electrons. The summed E-state index contributed by atoms with van der Waals surface area (Å²) in [6, 6.07) is 3.04. The minimum absolute atomic E-state index is 0.235. The number of aromatic nitrogens is 2. The highest BCUT2D eigenvalue weighted by atomic mass is 19.1. The molecular weight excluding hydrogens is 183 g/mol. The smallest absolute Gasteiger partial charge is 0.213 e. The van der Waals surface area contributed by atoms with E-state index in [-0.39, 0.29) is 11.3 Å². The van der Waals surface area contributed by atoms with Crippen molar-refractivity contribution in [1.29, 1.82) is 5.26 Å². The Morgan fingerprint density at radius 3 is 2.86 bits per heavy atom. The average Bonchev–Trinajstić information content (AvgIpc) is 2.20. The second-order valence-electron chi connectivity index (χ2n) is 2.72. The van der Waals surface area contributed by atoms with Crippen molar-refractivity contribution >= 4 is 16.6 Å². The fourth-order valence-electron chi connectivity index (χ4n) is 1.18. The van der Waals surface area contributed by atoms with Gasteiger partial charge in [0, 0.05) is 17.6 Å². The highest BCUT2D eigenvalue weighted by Crippen LogP contribution is 2.21. The van der Waals surface area contributed by atoms with Gasteiger partial charge in [0.25, 0.3) is 0 Å². The second kappa shape index (κ2) is 2.92. The summed E-state index contributed by atoms with van der Waals surface area (Å²) >= 11 is 0. The number of nitrogens with zero attached hydrogens (tertiary/aromatic N) is 3. The third-order valence-electron chi connectivity index (χ3n) is 1.88. The van der Waals surface area contributed by atoms with E-state index in [1.54, 1.807) is 0 Å². The van der Waals surface area contributed by atoms with Gasteiger partial charge >= 0.3 is 0 Å². The Kier molecular flexibility index (Phi) is 1.75. The fraction of sp³-hybridized carbons (Fsp3) is 0. The van der Waals surface area contributed by atoms with Crippen molar-refractivity contribution in [3.63, 3.8) is 0 Å². The number of hydrogen-bond acceptors (Lipinski definition) is 4. The second-order valence-corrected chi connectivity index (χ2v) is 2.72. The first-order valence-corrected chi connectivity index (χ1v) is 3.82. The molecule has 0 atom stereocenters. The monoisotopic (exact) mass is 188 g/mol. The SMILES string of the molecule is N#Cc1cnc2cnc(F)cc2c1N. The number of nitriles is 1. The normalized spacial score (nSPS) is 10.0. The van der Waals surface area contributed by atoms with Gasteiger partial charge in [-0.1, -0.05) is 0 Å². The van der Waals surface area contributed by atoms with Gasteiger partial charge in [-0.05, 0) is 0 Å². The van der Waals surface area contributed by atoms with E-state index in [0.717, 1.165) is 0 Å². The molecule has 2 rings (SSSR count). The van der Waals surface area contributed by atoms with E-state index < -0.39 is 5.95 Å². The van der Waals surface area contributed by atoms with Gasteiger partial charge in [0.1, 0.15) is 6.07 Å². The summed E-state index contributed by atoms with van der Waals surface area (Å²) in [6.45, 7) is 0. The number of rotatable bonds is 0. The molecule has 4 nitrogen and oxygen atoms in total. The van der Waals surface area contributed by atoms with Crippen LogP contribution in [0.15, 0.2) is 18.5 Å². The van der Waals surface area contributed by atoms with Crippen LogP contribution in [0.3, 0.4) is 0 Å². The highest BCUT2D eigenvalue weighted by molar-refractivity contribution is 5.91. The molecule has 0 aromatic carbocycles. The van der Waals surface area contributed by atoms with Crippen molar-refractivity contribution in [2.24, 2.45) is 0 Å². The van der Waals surface area contributed by atoms with Crippen LogP contribution >= 0.6 is 0 Å². The van der Waals surface area contributed by atoms with Crippen LogP contribution in [0.2, 0.25) is 0 Å². The lowest BCUT2D eigenvalue weighted by molar-refractivity contribution is 0.586. The molecule has 0 aliphatic heterocycles. The Labute approximate surface area is 78.8 Å². The maximum Gasteiger partial charge on any atom is 0.213 e. The molecule has 0 aliphatic rings. The highest BCUT2D eigenvalue weighted by Gasteiger charge is 2.06. The molecule has 0 fully saturated rings. The molecule has 2 aromatic heterocycles. The van der Waals surface area contributed by atoms with E-state index >= 15 is 0 Å². The largest absolute Gasteiger partial charge is 0.397 e. The van der Waals surface area contributed by atoms with Crippen LogP contribution in [0.5, 0.6) is 0 Å². The van der Waals surface area contributed by atoms with E-state index in [2.05, 4.69) is 9.97 Å². The number of halogens is 1. The van der Waals surface area contributed by atoms with Gasteiger partial charge in [-0.3, -0.25) is 4.98 Å². The molecular formula is C9H5FN4. The minimum Gasteiger partial charge on any atom is -0.397 e. The van der Waals surface area contributed by atoms with Crippen LogP contribution < -0.4 is 5.73 Å². The zero-order chi connectivity index (χ0) is 10.1. The van der Waals surface area contributed by atoms with Crippen molar-refractivity contribution in [2.45, 2.75) is 0 Å². The zero-order valence-electron chi connectivity index (χ0n) is 7.03. The maximum absolute atomic E-state index is 12.8. The Balaban J connectivity index is 2.88. The molecule has 2 N–H and O–H groups in total. The maximum atomic E-state index is 12.8. The first-order chi connectivity index (χ1) is 6.72. The standard InChI is InChI=1S/C9H5FN4/c10-8-1-6-7(4-14-8)13-3-5(2-11)9(6)12/h1,3-4H,(H2,12,13). The van der Waals surface area contributed by atoms with E-state index in [0.29, 0.717) is 10.9 Å². The van der Waals surface area contributed by atoms with E-state index in [1.807, 2.05) is 6.07 Å². The van der Waals surface area contributed by atoms with Gasteiger partial charge in [0.15, 0.2) is 0 Å². The summed E-state index contributed by atoms with van der Waals surface area (Å²) in [5, 5.41) is 9.08. The van der Waals surface area contributed by atoms with Gasteiger partial charge in [0.05, 0.1) is 23.0 Å². The van der Waals surface area contributed by atoms with Crippen molar-refractivity contribution in [3.05, 3.63) is 30.0 Å². The predicted molar refractivity (Wildman–Crippen MR) is 48.6 cm³/mol. The van der Waals surface area contributed by atoms with Crippen LogP contribution in [0.1, 0.15) is 5.56 Å².